The van der Waals surface area contributed by atoms with Crippen LogP contribution in [-0.2, 0) is 11.2 Å². The van der Waals surface area contributed by atoms with Gasteiger partial charge in [-0.1, -0.05) is 13.3 Å². The molecule has 41 heavy (non-hydrogen) atoms. The van der Waals surface area contributed by atoms with Gasteiger partial charge in [0.25, 0.3) is 0 Å². The average molecular weight is 577 g/mol. The molecule has 2 aromatic rings. The highest BCUT2D eigenvalue weighted by Crippen LogP contribution is 2.45. The summed E-state index contributed by atoms with van der Waals surface area (Å²) in [6.07, 6.45) is 8.78. The highest BCUT2D eigenvalue weighted by atomic mass is 32.1. The number of aryl methyl sites for hydroxylation is 1. The quantitative estimate of drug-likeness (QED) is 0.155. The summed E-state index contributed by atoms with van der Waals surface area (Å²) in [6, 6.07) is 4.02. The molecule has 2 aromatic heterocycles. The maximum absolute atomic E-state index is 14.0. The van der Waals surface area contributed by atoms with Crippen molar-refractivity contribution in [1.29, 1.82) is 5.26 Å². The van der Waals surface area contributed by atoms with Crippen molar-refractivity contribution < 1.29 is 14.3 Å². The molecule has 0 amide bonds. The lowest BCUT2D eigenvalue weighted by molar-refractivity contribution is -0.104. The van der Waals surface area contributed by atoms with E-state index in [1.807, 2.05) is 6.92 Å². The minimum absolute atomic E-state index is 0.00144. The molecule has 0 spiro atoms. The highest BCUT2D eigenvalue weighted by molar-refractivity contribution is 7.16. The molecule has 1 unspecified atom stereocenters. The van der Waals surface area contributed by atoms with Gasteiger partial charge in [-0.15, -0.1) is 11.3 Å². The first-order valence-corrected chi connectivity index (χ1v) is 14.6. The van der Waals surface area contributed by atoms with Gasteiger partial charge < -0.3 is 26.8 Å². The molecule has 1 aliphatic carbocycles. The van der Waals surface area contributed by atoms with Crippen LogP contribution in [-0.4, -0.2) is 59.4 Å². The zero-order valence-electron chi connectivity index (χ0n) is 23.4. The molecule has 0 saturated carbocycles. The molecule has 6 N–H and O–H groups in total. The number of rotatable bonds is 11. The number of ketones is 1. The van der Waals surface area contributed by atoms with Crippen LogP contribution in [0.1, 0.15) is 78.0 Å². The summed E-state index contributed by atoms with van der Waals surface area (Å²) in [5.74, 6) is -0.399. The normalized spacial score (nSPS) is 20.0. The van der Waals surface area contributed by atoms with E-state index in [-0.39, 0.29) is 35.2 Å². The first kappa shape index (κ1) is 29.9. The van der Waals surface area contributed by atoms with Crippen LogP contribution in [0.2, 0.25) is 0 Å². The summed E-state index contributed by atoms with van der Waals surface area (Å²) in [6.45, 7) is 3.37. The number of likely N-dealkylation sites (tertiary alicyclic amines) is 1. The minimum atomic E-state index is -0.416. The molecule has 4 rings (SSSR count). The molecule has 3 heterocycles. The van der Waals surface area contributed by atoms with Crippen LogP contribution in [0.25, 0.3) is 0 Å². The van der Waals surface area contributed by atoms with Crippen molar-refractivity contribution in [3.05, 3.63) is 50.9 Å². The SMILES string of the molecule is CCC/C(C(=O)c1nc(/N=C/C=C(\N)C=O)cc(OCC2CCCN2C)n1)=C(/N)[C@H]1CCCc2sc(N)c(C#N)c21. The number of aldehydes is 1. The Labute approximate surface area is 243 Å². The molecule has 0 bridgehead atoms. The topological polar surface area (TPSA) is 187 Å². The third-order valence-corrected chi connectivity index (χ3v) is 8.60. The van der Waals surface area contributed by atoms with Crippen molar-refractivity contribution in [3.63, 3.8) is 0 Å². The zero-order chi connectivity index (χ0) is 29.5. The summed E-state index contributed by atoms with van der Waals surface area (Å²) < 4.78 is 6.03. The number of nitrogens with zero attached hydrogens (tertiary/aromatic N) is 5. The second kappa shape index (κ2) is 13.5. The number of Topliss-reactive ketones (excluding diaryl/α,β-unsaturated/α-hetero) is 1. The van der Waals surface area contributed by atoms with Gasteiger partial charge in [-0.05, 0) is 63.8 Å². The molecule has 2 aliphatic rings. The molecule has 1 fully saturated rings. The lowest BCUT2D eigenvalue weighted by Crippen LogP contribution is -2.30. The number of fused-ring (bicyclic) bond motifs is 1. The van der Waals surface area contributed by atoms with Crippen molar-refractivity contribution in [3.8, 4) is 11.9 Å². The monoisotopic (exact) mass is 576 g/mol. The molecule has 12 heteroatoms. The van der Waals surface area contributed by atoms with E-state index in [0.717, 1.165) is 42.7 Å². The number of aromatic nitrogens is 2. The molecule has 2 atom stereocenters. The molecular weight excluding hydrogens is 540 g/mol. The summed E-state index contributed by atoms with van der Waals surface area (Å²) in [5, 5.41) is 10.3. The lowest BCUT2D eigenvalue weighted by atomic mass is 9.80. The number of allylic oxidation sites excluding steroid dienone is 4. The maximum atomic E-state index is 14.0. The first-order chi connectivity index (χ1) is 19.8. The van der Waals surface area contributed by atoms with Gasteiger partial charge in [0.1, 0.15) is 17.7 Å². The number of ether oxygens (including phenoxy) is 1. The molecule has 0 aromatic carbocycles. The van der Waals surface area contributed by atoms with Gasteiger partial charge in [0.15, 0.2) is 12.1 Å². The van der Waals surface area contributed by atoms with Crippen LogP contribution < -0.4 is 21.9 Å². The largest absolute Gasteiger partial charge is 0.476 e. The number of hydrogen-bond acceptors (Lipinski definition) is 12. The van der Waals surface area contributed by atoms with Gasteiger partial charge in [0.2, 0.25) is 17.5 Å². The van der Waals surface area contributed by atoms with E-state index in [9.17, 15) is 14.9 Å². The van der Waals surface area contributed by atoms with Crippen molar-refractivity contribution in [2.45, 2.75) is 63.8 Å². The van der Waals surface area contributed by atoms with E-state index in [4.69, 9.17) is 21.9 Å². The molecule has 11 nitrogen and oxygen atoms in total. The number of aliphatic imine (C=N–C) groups is 1. The molecule has 1 aliphatic heterocycles. The van der Waals surface area contributed by atoms with Crippen LogP contribution in [0, 0.1) is 11.3 Å². The Morgan fingerprint density at radius 3 is 2.80 bits per heavy atom. The number of anilines is 1. The smallest absolute Gasteiger partial charge is 0.228 e. The summed E-state index contributed by atoms with van der Waals surface area (Å²) in [7, 11) is 2.05. The predicted octanol–water partition coefficient (Wildman–Crippen LogP) is 3.52. The third-order valence-electron chi connectivity index (χ3n) is 7.50. The van der Waals surface area contributed by atoms with E-state index in [1.54, 1.807) is 6.07 Å². The Morgan fingerprint density at radius 2 is 2.12 bits per heavy atom. The number of carbonyl (C=O) groups excluding carboxylic acids is 2. The summed E-state index contributed by atoms with van der Waals surface area (Å²) in [4.78, 5) is 41.2. The lowest BCUT2D eigenvalue weighted by Gasteiger charge is -2.25. The Morgan fingerprint density at radius 1 is 1.32 bits per heavy atom. The number of nitrogens with two attached hydrogens (primary N) is 3. The van der Waals surface area contributed by atoms with Gasteiger partial charge in [-0.25, -0.2) is 9.98 Å². The first-order valence-electron chi connectivity index (χ1n) is 13.8. The average Bonchev–Trinajstić information content (AvgIpc) is 3.54. The number of likely N-dealkylation sites (N-methyl/N-ethyl adjacent to an activating group) is 1. The maximum Gasteiger partial charge on any atom is 0.228 e. The second-order valence-corrected chi connectivity index (χ2v) is 11.4. The van der Waals surface area contributed by atoms with Crippen LogP contribution in [0.3, 0.4) is 0 Å². The van der Waals surface area contributed by atoms with Gasteiger partial charge in [0.05, 0.1) is 11.3 Å². The number of hydrogen-bond donors (Lipinski definition) is 3. The molecular formula is C29H36N8O3S. The second-order valence-electron chi connectivity index (χ2n) is 10.3. The Kier molecular flexibility index (Phi) is 9.86. The zero-order valence-corrected chi connectivity index (χ0v) is 24.2. The number of nitrogen functional groups attached to an aromatic ring is 1. The van der Waals surface area contributed by atoms with Crippen LogP contribution >= 0.6 is 11.3 Å². The summed E-state index contributed by atoms with van der Waals surface area (Å²) >= 11 is 1.42. The van der Waals surface area contributed by atoms with Crippen molar-refractivity contribution in [2.24, 2.45) is 16.5 Å². The van der Waals surface area contributed by atoms with E-state index in [0.29, 0.717) is 54.0 Å². The van der Waals surface area contributed by atoms with Gasteiger partial charge >= 0.3 is 0 Å². The summed E-state index contributed by atoms with van der Waals surface area (Å²) in [5.41, 5.74) is 20.6. The van der Waals surface area contributed by atoms with Crippen LogP contribution in [0.4, 0.5) is 10.8 Å². The fourth-order valence-electron chi connectivity index (χ4n) is 5.35. The van der Waals surface area contributed by atoms with E-state index < -0.39 is 5.78 Å². The third kappa shape index (κ3) is 6.81. The number of nitriles is 1. The van der Waals surface area contributed by atoms with Gasteiger partial charge in [-0.3, -0.25) is 9.59 Å². The Hall–Kier alpha value is -4.08. The van der Waals surface area contributed by atoms with E-state index >= 15 is 0 Å². The van der Waals surface area contributed by atoms with Crippen molar-refractivity contribution >= 4 is 40.4 Å². The van der Waals surface area contributed by atoms with Gasteiger partial charge in [0, 0.05) is 40.4 Å². The van der Waals surface area contributed by atoms with Crippen molar-refractivity contribution in [1.82, 2.24) is 14.9 Å². The van der Waals surface area contributed by atoms with Crippen LogP contribution in [0.5, 0.6) is 5.88 Å². The fraction of sp³-hybridized carbons (Fsp3) is 0.448. The van der Waals surface area contributed by atoms with Crippen molar-refractivity contribution in [2.75, 3.05) is 25.9 Å². The van der Waals surface area contributed by atoms with Gasteiger partial charge in [-0.2, -0.15) is 10.2 Å². The Balaban J connectivity index is 1.73. The molecule has 1 saturated heterocycles. The number of carbonyl (C=O) groups is 2. The molecule has 216 valence electrons. The highest BCUT2D eigenvalue weighted by Gasteiger charge is 2.32. The van der Waals surface area contributed by atoms with Crippen LogP contribution in [0.15, 0.2) is 34.1 Å². The minimum Gasteiger partial charge on any atom is -0.476 e. The fourth-order valence-corrected chi connectivity index (χ4v) is 6.48. The molecule has 0 radical (unpaired) electrons. The van der Waals surface area contributed by atoms with E-state index in [2.05, 4.69) is 33.0 Å². The number of thiophene rings is 1. The van der Waals surface area contributed by atoms with E-state index in [1.165, 1.54) is 23.6 Å². The standard InChI is InChI=1S/C29H36N8O3S/c1-3-6-20(26(32)19-8-4-9-22-25(19)21(14-30)28(33)41-22)27(39)29-35-23(34-11-10-17(31)15-38)13-24(36-29)40-16-18-7-5-12-37(18)2/h10-11,13,15,18-19H,3-9,12,16,31-33H2,1-2H3/b17-10-,26-20-,34-11+/t18?,19-/m0/s1. The predicted molar refractivity (Wildman–Crippen MR) is 159 cm³/mol. The Bertz CT molecular complexity index is 1440.